The summed E-state index contributed by atoms with van der Waals surface area (Å²) >= 11 is 0. The van der Waals surface area contributed by atoms with Crippen molar-refractivity contribution in [2.75, 3.05) is 19.7 Å². The zero-order valence-corrected chi connectivity index (χ0v) is 19.7. The molecule has 0 radical (unpaired) electrons. The van der Waals surface area contributed by atoms with Crippen molar-refractivity contribution < 1.29 is 19.4 Å². The van der Waals surface area contributed by atoms with Crippen molar-refractivity contribution in [3.05, 3.63) is 95.1 Å². The van der Waals surface area contributed by atoms with E-state index in [0.29, 0.717) is 0 Å². The van der Waals surface area contributed by atoms with Crippen molar-refractivity contribution in [3.63, 3.8) is 0 Å². The van der Waals surface area contributed by atoms with Gasteiger partial charge in [-0.2, -0.15) is 0 Å². The Kier molecular flexibility index (Phi) is 6.82. The number of carbonyl (C=O) groups excluding carboxylic acids is 1. The molecular weight excluding hydrogens is 440 g/mol. The number of ether oxygens (including phenoxy) is 1. The van der Waals surface area contributed by atoms with Gasteiger partial charge in [-0.3, -0.25) is 4.90 Å². The van der Waals surface area contributed by atoms with Gasteiger partial charge in [0.05, 0.1) is 0 Å². The minimum absolute atomic E-state index is 0.0698. The van der Waals surface area contributed by atoms with Crippen molar-refractivity contribution in [3.8, 4) is 11.1 Å². The molecule has 1 atom stereocenters. The first kappa shape index (κ1) is 23.1. The zero-order valence-electron chi connectivity index (χ0n) is 19.7. The second kappa shape index (κ2) is 10.3. The van der Waals surface area contributed by atoms with Gasteiger partial charge in [0.1, 0.15) is 12.6 Å². The number of carboxylic acid groups (broad SMARTS) is 1. The van der Waals surface area contributed by atoms with Crippen molar-refractivity contribution in [1.82, 2.24) is 10.2 Å². The van der Waals surface area contributed by atoms with Crippen LogP contribution in [0.15, 0.2) is 72.8 Å². The lowest BCUT2D eigenvalue weighted by atomic mass is 9.98. The van der Waals surface area contributed by atoms with Crippen LogP contribution in [0.4, 0.5) is 4.79 Å². The molecule has 2 N–H and O–H groups in total. The molecule has 0 aromatic heterocycles. The van der Waals surface area contributed by atoms with E-state index in [4.69, 9.17) is 4.74 Å². The fraction of sp³-hybridized carbons (Fsp3) is 0.310. The van der Waals surface area contributed by atoms with Crippen LogP contribution in [0, 0.1) is 0 Å². The molecule has 1 aliphatic carbocycles. The van der Waals surface area contributed by atoms with Crippen LogP contribution >= 0.6 is 0 Å². The maximum Gasteiger partial charge on any atom is 0.407 e. The summed E-state index contributed by atoms with van der Waals surface area (Å²) in [5, 5.41) is 12.2. The van der Waals surface area contributed by atoms with Gasteiger partial charge in [0.2, 0.25) is 0 Å². The van der Waals surface area contributed by atoms with E-state index in [-0.39, 0.29) is 18.9 Å². The first-order valence-electron chi connectivity index (χ1n) is 12.2. The van der Waals surface area contributed by atoms with Crippen LogP contribution in [0.25, 0.3) is 11.1 Å². The molecule has 1 aliphatic heterocycles. The predicted molar refractivity (Wildman–Crippen MR) is 134 cm³/mol. The molecule has 3 aromatic rings. The van der Waals surface area contributed by atoms with E-state index in [1.54, 1.807) is 0 Å². The number of nitrogens with one attached hydrogen (secondary N) is 1. The largest absolute Gasteiger partial charge is 0.480 e. The predicted octanol–water partition coefficient (Wildman–Crippen LogP) is 4.82. The Labute approximate surface area is 205 Å². The van der Waals surface area contributed by atoms with Gasteiger partial charge in [0, 0.05) is 18.9 Å². The average Bonchev–Trinajstić information content (AvgIpc) is 3.49. The summed E-state index contributed by atoms with van der Waals surface area (Å²) in [6.45, 7) is 3.33. The minimum atomic E-state index is -1.08. The first-order valence-corrected chi connectivity index (χ1v) is 12.2. The molecule has 6 nitrogen and oxygen atoms in total. The van der Waals surface area contributed by atoms with Crippen molar-refractivity contribution in [1.29, 1.82) is 0 Å². The standard InChI is InChI=1S/C29H30N2O4/c32-28(33)27(17-20-11-13-21(14-12-20)18-31-15-5-6-16-31)30-29(34)35-19-26-24-9-3-1-7-22(24)23-8-2-4-10-25(23)26/h1-4,7-14,26-27H,5-6,15-19H2,(H,30,34)(H,32,33)/t27-/m0/s1. The normalized spacial score (nSPS) is 15.9. The molecule has 5 rings (SSSR count). The van der Waals surface area contributed by atoms with Crippen molar-refractivity contribution in [2.24, 2.45) is 0 Å². The summed E-state index contributed by atoms with van der Waals surface area (Å²) in [4.78, 5) is 26.8. The number of alkyl carbamates (subject to hydrolysis) is 1. The SMILES string of the molecule is O=C(N[C@@H](Cc1ccc(CN2CCCC2)cc1)C(=O)O)OCC1c2ccccc2-c2ccccc21. The van der Waals surface area contributed by atoms with Gasteiger partial charge in [-0.1, -0.05) is 72.8 Å². The summed E-state index contributed by atoms with van der Waals surface area (Å²) < 4.78 is 5.53. The Bertz CT molecular complexity index is 1160. The monoisotopic (exact) mass is 470 g/mol. The van der Waals surface area contributed by atoms with E-state index >= 15 is 0 Å². The molecule has 6 heteroatoms. The highest BCUT2D eigenvalue weighted by molar-refractivity contribution is 5.81. The lowest BCUT2D eigenvalue weighted by Crippen LogP contribution is -2.42. The van der Waals surface area contributed by atoms with Crippen molar-refractivity contribution >= 4 is 12.1 Å². The highest BCUT2D eigenvalue weighted by atomic mass is 16.5. The third-order valence-electron chi connectivity index (χ3n) is 7.00. The van der Waals surface area contributed by atoms with E-state index in [1.165, 1.54) is 18.4 Å². The minimum Gasteiger partial charge on any atom is -0.480 e. The van der Waals surface area contributed by atoms with Crippen LogP contribution in [-0.2, 0) is 22.5 Å². The molecule has 0 spiro atoms. The lowest BCUT2D eigenvalue weighted by Gasteiger charge is -2.18. The molecule has 180 valence electrons. The Hall–Kier alpha value is -3.64. The Morgan fingerprint density at radius 1 is 0.886 bits per heavy atom. The lowest BCUT2D eigenvalue weighted by molar-refractivity contribution is -0.139. The molecule has 35 heavy (non-hydrogen) atoms. The van der Waals surface area contributed by atoms with Gasteiger partial charge in [-0.25, -0.2) is 9.59 Å². The molecule has 0 unspecified atom stereocenters. The summed E-state index contributed by atoms with van der Waals surface area (Å²) in [7, 11) is 0. The Morgan fingerprint density at radius 2 is 1.46 bits per heavy atom. The molecule has 3 aromatic carbocycles. The third kappa shape index (κ3) is 5.23. The van der Waals surface area contributed by atoms with Gasteiger partial charge >= 0.3 is 12.1 Å². The van der Waals surface area contributed by atoms with Gasteiger partial charge in [-0.15, -0.1) is 0 Å². The maximum absolute atomic E-state index is 12.6. The van der Waals surface area contributed by atoms with Crippen LogP contribution in [0.1, 0.15) is 41.0 Å². The second-order valence-electron chi connectivity index (χ2n) is 9.36. The fourth-order valence-electron chi connectivity index (χ4n) is 5.20. The molecule has 1 fully saturated rings. The van der Waals surface area contributed by atoms with Gasteiger partial charge in [-0.05, 0) is 59.3 Å². The molecule has 1 heterocycles. The smallest absolute Gasteiger partial charge is 0.407 e. The number of carboxylic acids is 1. The molecule has 0 bridgehead atoms. The van der Waals surface area contributed by atoms with Gasteiger partial charge in [0.15, 0.2) is 0 Å². The topological polar surface area (TPSA) is 78.9 Å². The number of likely N-dealkylation sites (tertiary alicyclic amines) is 1. The van der Waals surface area contributed by atoms with E-state index in [9.17, 15) is 14.7 Å². The van der Waals surface area contributed by atoms with E-state index in [0.717, 1.165) is 47.5 Å². The van der Waals surface area contributed by atoms with Crippen molar-refractivity contribution in [2.45, 2.75) is 37.8 Å². The van der Waals surface area contributed by atoms with Crippen LogP contribution in [-0.4, -0.2) is 47.8 Å². The molecular formula is C29H30N2O4. The number of fused-ring (bicyclic) bond motifs is 3. The number of rotatable bonds is 8. The highest BCUT2D eigenvalue weighted by Crippen LogP contribution is 2.44. The second-order valence-corrected chi connectivity index (χ2v) is 9.36. The highest BCUT2D eigenvalue weighted by Gasteiger charge is 2.29. The van der Waals surface area contributed by atoms with Crippen LogP contribution < -0.4 is 5.32 Å². The van der Waals surface area contributed by atoms with Gasteiger partial charge in [0.25, 0.3) is 0 Å². The summed E-state index contributed by atoms with van der Waals surface area (Å²) in [5.74, 6) is -1.15. The average molecular weight is 471 g/mol. The van der Waals surface area contributed by atoms with Gasteiger partial charge < -0.3 is 15.2 Å². The molecule has 0 saturated carbocycles. The fourth-order valence-corrected chi connectivity index (χ4v) is 5.20. The maximum atomic E-state index is 12.6. The third-order valence-corrected chi connectivity index (χ3v) is 7.00. The van der Waals surface area contributed by atoms with E-state index in [1.807, 2.05) is 48.5 Å². The number of hydrogen-bond donors (Lipinski definition) is 2. The molecule has 2 aliphatic rings. The quantitative estimate of drug-likeness (QED) is 0.494. The number of amides is 1. The summed E-state index contributed by atoms with van der Waals surface area (Å²) in [5.41, 5.74) is 6.60. The first-order chi connectivity index (χ1) is 17.1. The summed E-state index contributed by atoms with van der Waals surface area (Å²) in [6.07, 6.45) is 1.98. The number of hydrogen-bond acceptors (Lipinski definition) is 4. The van der Waals surface area contributed by atoms with Crippen LogP contribution in [0.5, 0.6) is 0 Å². The Morgan fingerprint density at radius 3 is 2.06 bits per heavy atom. The molecule has 1 saturated heterocycles. The van der Waals surface area contributed by atoms with E-state index < -0.39 is 18.1 Å². The number of nitrogens with zero attached hydrogens (tertiary/aromatic N) is 1. The zero-order chi connectivity index (χ0) is 24.2. The number of carbonyl (C=O) groups is 2. The number of benzene rings is 3. The Balaban J connectivity index is 1.19. The van der Waals surface area contributed by atoms with Crippen LogP contribution in [0.3, 0.4) is 0 Å². The van der Waals surface area contributed by atoms with Crippen LogP contribution in [0.2, 0.25) is 0 Å². The molecule has 1 amide bonds. The van der Waals surface area contributed by atoms with E-state index in [2.05, 4.69) is 34.5 Å². The summed E-state index contributed by atoms with van der Waals surface area (Å²) in [6, 6.07) is 23.1. The number of aliphatic carboxylic acids is 1.